The van der Waals surface area contributed by atoms with E-state index < -0.39 is 0 Å². The molecule has 0 saturated carbocycles. The molecule has 4 aromatic heterocycles. The van der Waals surface area contributed by atoms with Crippen LogP contribution in [0.5, 0.6) is 0 Å². The standard InChI is InChI=1S/C25H24N4S2/c1-5-25(4,6-2)17-8-10-19(27-14-17)18-9-7-16(13-26-18)24-29-21-11-20-22(12-23(21)31-24)30-15(3)28-20/h7-14H,5-6H2,1-4H3. The summed E-state index contributed by atoms with van der Waals surface area (Å²) in [4.78, 5) is 18.8. The molecule has 0 N–H and O–H groups in total. The van der Waals surface area contributed by atoms with Gasteiger partial charge in [0.25, 0.3) is 0 Å². The van der Waals surface area contributed by atoms with Crippen LogP contribution in [-0.2, 0) is 5.41 Å². The topological polar surface area (TPSA) is 51.6 Å². The van der Waals surface area contributed by atoms with E-state index >= 15 is 0 Å². The van der Waals surface area contributed by atoms with Crippen molar-refractivity contribution in [1.29, 1.82) is 0 Å². The van der Waals surface area contributed by atoms with Gasteiger partial charge in [-0.1, -0.05) is 26.8 Å². The second-order valence-corrected chi connectivity index (χ2v) is 10.4. The van der Waals surface area contributed by atoms with Crippen LogP contribution >= 0.6 is 22.7 Å². The maximum Gasteiger partial charge on any atom is 0.126 e. The van der Waals surface area contributed by atoms with Crippen LogP contribution in [0, 0.1) is 6.92 Å². The summed E-state index contributed by atoms with van der Waals surface area (Å²) in [7, 11) is 0. The fourth-order valence-electron chi connectivity index (χ4n) is 3.82. The number of aryl methyl sites for hydroxylation is 1. The van der Waals surface area contributed by atoms with Crippen molar-refractivity contribution in [2.24, 2.45) is 0 Å². The molecule has 5 aromatic rings. The molecule has 0 amide bonds. The van der Waals surface area contributed by atoms with E-state index in [1.807, 2.05) is 25.4 Å². The number of benzene rings is 1. The monoisotopic (exact) mass is 444 g/mol. The zero-order valence-corrected chi connectivity index (χ0v) is 19.8. The minimum atomic E-state index is 0.179. The van der Waals surface area contributed by atoms with Crippen LogP contribution in [0.2, 0.25) is 0 Å². The van der Waals surface area contributed by atoms with Gasteiger partial charge in [0.05, 0.1) is 36.8 Å². The van der Waals surface area contributed by atoms with Gasteiger partial charge < -0.3 is 0 Å². The van der Waals surface area contributed by atoms with Gasteiger partial charge in [0, 0.05) is 18.0 Å². The molecule has 0 fully saturated rings. The zero-order chi connectivity index (χ0) is 21.6. The summed E-state index contributed by atoms with van der Waals surface area (Å²) in [5, 5.41) is 2.07. The first-order valence-corrected chi connectivity index (χ1v) is 12.2. The Morgan fingerprint density at radius 1 is 0.806 bits per heavy atom. The van der Waals surface area contributed by atoms with Gasteiger partial charge in [-0.3, -0.25) is 9.97 Å². The molecular weight excluding hydrogens is 420 g/mol. The first-order chi connectivity index (χ1) is 15.0. The third kappa shape index (κ3) is 3.64. The highest BCUT2D eigenvalue weighted by molar-refractivity contribution is 7.22. The molecule has 0 bridgehead atoms. The van der Waals surface area contributed by atoms with Gasteiger partial charge in [-0.25, -0.2) is 9.97 Å². The molecule has 5 rings (SSSR count). The molecule has 0 aliphatic carbocycles. The fourth-order valence-corrected chi connectivity index (χ4v) is 5.72. The van der Waals surface area contributed by atoms with Gasteiger partial charge in [-0.2, -0.15) is 0 Å². The summed E-state index contributed by atoms with van der Waals surface area (Å²) in [6, 6.07) is 12.7. The highest BCUT2D eigenvalue weighted by Gasteiger charge is 2.22. The Balaban J connectivity index is 1.43. The summed E-state index contributed by atoms with van der Waals surface area (Å²) in [5.41, 5.74) is 6.29. The maximum atomic E-state index is 4.83. The molecule has 0 radical (unpaired) electrons. The molecule has 4 heterocycles. The van der Waals surface area contributed by atoms with Crippen molar-refractivity contribution in [2.45, 2.75) is 46.0 Å². The Labute approximate surface area is 190 Å². The Bertz CT molecular complexity index is 1310. The second kappa shape index (κ2) is 7.77. The van der Waals surface area contributed by atoms with Crippen molar-refractivity contribution in [2.75, 3.05) is 0 Å². The van der Waals surface area contributed by atoms with Gasteiger partial charge >= 0.3 is 0 Å². The largest absolute Gasteiger partial charge is 0.254 e. The van der Waals surface area contributed by atoms with Gasteiger partial charge in [0.15, 0.2) is 0 Å². The number of fused-ring (bicyclic) bond motifs is 2. The average molecular weight is 445 g/mol. The third-order valence-electron chi connectivity index (χ3n) is 6.30. The predicted octanol–water partition coefficient (Wildman–Crippen LogP) is 7.42. The summed E-state index contributed by atoms with van der Waals surface area (Å²) < 4.78 is 2.40. The number of nitrogens with zero attached hydrogens (tertiary/aromatic N) is 4. The molecule has 1 aromatic carbocycles. The zero-order valence-electron chi connectivity index (χ0n) is 18.1. The van der Waals surface area contributed by atoms with E-state index in [1.54, 1.807) is 22.7 Å². The highest BCUT2D eigenvalue weighted by atomic mass is 32.1. The molecule has 31 heavy (non-hydrogen) atoms. The lowest BCUT2D eigenvalue weighted by molar-refractivity contribution is 0.437. The van der Waals surface area contributed by atoms with E-state index in [1.165, 1.54) is 15.0 Å². The molecule has 0 aliphatic rings. The Hall–Kier alpha value is -2.70. The molecule has 0 spiro atoms. The predicted molar refractivity (Wildman–Crippen MR) is 132 cm³/mol. The van der Waals surface area contributed by atoms with Crippen LogP contribution in [0.4, 0.5) is 0 Å². The van der Waals surface area contributed by atoms with Crippen LogP contribution in [0.3, 0.4) is 0 Å². The minimum Gasteiger partial charge on any atom is -0.254 e. The molecule has 0 aliphatic heterocycles. The minimum absolute atomic E-state index is 0.179. The van der Waals surface area contributed by atoms with Crippen LogP contribution in [0.15, 0.2) is 48.8 Å². The molecule has 0 atom stereocenters. The van der Waals surface area contributed by atoms with E-state index in [0.29, 0.717) is 0 Å². The van der Waals surface area contributed by atoms with E-state index in [-0.39, 0.29) is 5.41 Å². The quantitative estimate of drug-likeness (QED) is 0.283. The summed E-state index contributed by atoms with van der Waals surface area (Å²) >= 11 is 3.42. The van der Waals surface area contributed by atoms with Gasteiger partial charge in [-0.15, -0.1) is 22.7 Å². The second-order valence-electron chi connectivity index (χ2n) is 8.17. The number of hydrogen-bond donors (Lipinski definition) is 0. The van der Waals surface area contributed by atoms with Crippen molar-refractivity contribution in [3.05, 3.63) is 59.4 Å². The normalized spacial score (nSPS) is 12.1. The first kappa shape index (κ1) is 20.2. The number of rotatable bonds is 5. The number of pyridine rings is 2. The number of aromatic nitrogens is 4. The van der Waals surface area contributed by atoms with Gasteiger partial charge in [0.1, 0.15) is 5.01 Å². The lowest BCUT2D eigenvalue weighted by Gasteiger charge is -2.26. The van der Waals surface area contributed by atoms with E-state index in [9.17, 15) is 0 Å². The van der Waals surface area contributed by atoms with Crippen LogP contribution in [-0.4, -0.2) is 19.9 Å². The van der Waals surface area contributed by atoms with Crippen LogP contribution < -0.4 is 0 Å². The Morgan fingerprint density at radius 3 is 2.13 bits per heavy atom. The molecule has 4 nitrogen and oxygen atoms in total. The maximum absolute atomic E-state index is 4.83. The van der Waals surface area contributed by atoms with Crippen molar-refractivity contribution >= 4 is 43.1 Å². The third-order valence-corrected chi connectivity index (χ3v) is 8.30. The van der Waals surface area contributed by atoms with E-state index in [2.05, 4.69) is 61.1 Å². The molecule has 0 unspecified atom stereocenters. The smallest absolute Gasteiger partial charge is 0.126 e. The molecule has 0 saturated heterocycles. The van der Waals surface area contributed by atoms with Crippen molar-refractivity contribution in [3.63, 3.8) is 0 Å². The van der Waals surface area contributed by atoms with E-state index in [4.69, 9.17) is 9.97 Å². The van der Waals surface area contributed by atoms with E-state index in [0.717, 1.165) is 50.8 Å². The molecule has 6 heteroatoms. The SMILES string of the molecule is CCC(C)(CC)c1ccc(-c2ccc(-c3nc4cc5nc(C)sc5cc4s3)cn2)nc1. The lowest BCUT2D eigenvalue weighted by Crippen LogP contribution is -2.19. The summed E-state index contributed by atoms with van der Waals surface area (Å²) in [6.07, 6.45) is 6.11. The van der Waals surface area contributed by atoms with Crippen molar-refractivity contribution < 1.29 is 0 Å². The van der Waals surface area contributed by atoms with Crippen LogP contribution in [0.1, 0.15) is 44.2 Å². The van der Waals surface area contributed by atoms with Crippen molar-refractivity contribution in [3.8, 4) is 22.0 Å². The highest BCUT2D eigenvalue weighted by Crippen LogP contribution is 2.35. The molecular formula is C25H24N4S2. The lowest BCUT2D eigenvalue weighted by atomic mass is 9.78. The number of hydrogen-bond acceptors (Lipinski definition) is 6. The fraction of sp³-hybridized carbons (Fsp3) is 0.280. The summed E-state index contributed by atoms with van der Waals surface area (Å²) in [6.45, 7) is 8.82. The molecule has 156 valence electrons. The number of thiazole rings is 2. The van der Waals surface area contributed by atoms with Crippen LogP contribution in [0.25, 0.3) is 42.4 Å². The van der Waals surface area contributed by atoms with Gasteiger partial charge in [0.2, 0.25) is 0 Å². The van der Waals surface area contributed by atoms with Gasteiger partial charge in [-0.05, 0) is 61.1 Å². The average Bonchev–Trinajstić information content (AvgIpc) is 3.38. The Morgan fingerprint density at radius 2 is 1.48 bits per heavy atom. The van der Waals surface area contributed by atoms with Crippen molar-refractivity contribution in [1.82, 2.24) is 19.9 Å². The first-order valence-electron chi connectivity index (χ1n) is 10.6. The Kier molecular flexibility index (Phi) is 5.07. The summed E-state index contributed by atoms with van der Waals surface area (Å²) in [5.74, 6) is 0.